The van der Waals surface area contributed by atoms with E-state index in [-0.39, 0.29) is 12.5 Å². The summed E-state index contributed by atoms with van der Waals surface area (Å²) in [7, 11) is 0. The molecule has 1 heterocycles. The lowest BCUT2D eigenvalue weighted by Crippen LogP contribution is -2.47. The molecule has 0 bridgehead atoms. The van der Waals surface area contributed by atoms with Gasteiger partial charge in [0.2, 0.25) is 5.91 Å². The summed E-state index contributed by atoms with van der Waals surface area (Å²) < 4.78 is 0.948. The highest BCUT2D eigenvalue weighted by atomic mass is 79.9. The molecule has 1 aromatic carbocycles. The van der Waals surface area contributed by atoms with Crippen molar-refractivity contribution in [1.29, 1.82) is 0 Å². The van der Waals surface area contributed by atoms with E-state index in [1.165, 1.54) is 0 Å². The summed E-state index contributed by atoms with van der Waals surface area (Å²) in [5, 5.41) is 5.54. The van der Waals surface area contributed by atoms with Crippen LogP contribution in [-0.2, 0) is 9.59 Å². The zero-order valence-electron chi connectivity index (χ0n) is 14.8. The van der Waals surface area contributed by atoms with E-state index in [2.05, 4.69) is 26.6 Å². The monoisotopic (exact) mass is 409 g/mol. The minimum absolute atomic E-state index is 0.283. The number of rotatable bonds is 7. The van der Waals surface area contributed by atoms with Crippen LogP contribution in [0.3, 0.4) is 0 Å². The number of benzene rings is 1. The first-order valence-corrected chi connectivity index (χ1v) is 9.32. The van der Waals surface area contributed by atoms with Gasteiger partial charge < -0.3 is 10.6 Å². The van der Waals surface area contributed by atoms with E-state index in [9.17, 15) is 14.4 Å². The van der Waals surface area contributed by atoms with Crippen molar-refractivity contribution in [2.45, 2.75) is 52.0 Å². The number of nitrogens with zero attached hydrogens (tertiary/aromatic N) is 1. The van der Waals surface area contributed by atoms with E-state index in [4.69, 9.17) is 0 Å². The van der Waals surface area contributed by atoms with Crippen LogP contribution >= 0.6 is 15.9 Å². The van der Waals surface area contributed by atoms with Crippen molar-refractivity contribution in [1.82, 2.24) is 10.2 Å². The predicted octanol–water partition coefficient (Wildman–Crippen LogP) is 3.59. The van der Waals surface area contributed by atoms with Gasteiger partial charge in [0.05, 0.1) is 0 Å². The van der Waals surface area contributed by atoms with Crippen LogP contribution < -0.4 is 10.6 Å². The van der Waals surface area contributed by atoms with E-state index in [1.54, 1.807) is 6.07 Å². The summed E-state index contributed by atoms with van der Waals surface area (Å²) in [4.78, 5) is 38.3. The molecule has 25 heavy (non-hydrogen) atoms. The highest BCUT2D eigenvalue weighted by Crippen LogP contribution is 2.28. The smallest absolute Gasteiger partial charge is 0.325 e. The second-order valence-corrected chi connectivity index (χ2v) is 7.27. The minimum atomic E-state index is -0.866. The molecule has 2 N–H and O–H groups in total. The maximum absolute atomic E-state index is 12.8. The van der Waals surface area contributed by atoms with Gasteiger partial charge in [0.25, 0.3) is 5.91 Å². The quantitative estimate of drug-likeness (QED) is 0.675. The summed E-state index contributed by atoms with van der Waals surface area (Å²) in [6.07, 6.45) is 2.72. The van der Waals surface area contributed by atoms with E-state index >= 15 is 0 Å². The molecule has 1 saturated heterocycles. The van der Waals surface area contributed by atoms with Gasteiger partial charge in [0.1, 0.15) is 12.1 Å². The van der Waals surface area contributed by atoms with Gasteiger partial charge in [-0.3, -0.25) is 14.5 Å². The molecule has 0 aromatic heterocycles. The molecule has 0 atom stereocenters. The standard InChI is InChI=1S/C18H24BrN3O3/c1-4-8-18(9-5-2)16(24)22(17(25)21-18)11-15(23)20-13-6-7-14(19)12(3)10-13/h6-7,10H,4-5,8-9,11H2,1-3H3,(H,20,23)(H,21,25). The Hall–Kier alpha value is -1.89. The summed E-state index contributed by atoms with van der Waals surface area (Å²) in [6, 6.07) is 4.94. The molecule has 1 aliphatic rings. The van der Waals surface area contributed by atoms with Gasteiger partial charge in [-0.2, -0.15) is 0 Å². The zero-order valence-corrected chi connectivity index (χ0v) is 16.4. The average molecular weight is 410 g/mol. The first-order chi connectivity index (χ1) is 11.8. The number of halogens is 1. The average Bonchev–Trinajstić information content (AvgIpc) is 2.76. The van der Waals surface area contributed by atoms with Crippen LogP contribution in [0, 0.1) is 6.92 Å². The molecule has 0 radical (unpaired) electrons. The third-order valence-corrected chi connectivity index (χ3v) is 5.23. The van der Waals surface area contributed by atoms with Crippen molar-refractivity contribution in [3.05, 3.63) is 28.2 Å². The van der Waals surface area contributed by atoms with Gasteiger partial charge >= 0.3 is 6.03 Å². The Balaban J connectivity index is 2.08. The van der Waals surface area contributed by atoms with Crippen LogP contribution in [0.5, 0.6) is 0 Å². The maximum atomic E-state index is 12.8. The third kappa shape index (κ3) is 4.21. The molecule has 4 amide bonds. The van der Waals surface area contributed by atoms with Crippen molar-refractivity contribution in [3.63, 3.8) is 0 Å². The Morgan fingerprint density at radius 3 is 2.44 bits per heavy atom. The number of hydrogen-bond acceptors (Lipinski definition) is 3. The second kappa shape index (κ2) is 7.99. The molecule has 0 saturated carbocycles. The van der Waals surface area contributed by atoms with Crippen molar-refractivity contribution in [3.8, 4) is 0 Å². The molecule has 0 unspecified atom stereocenters. The van der Waals surface area contributed by atoms with Gasteiger partial charge in [0.15, 0.2) is 0 Å². The number of amides is 4. The van der Waals surface area contributed by atoms with Crippen molar-refractivity contribution in [2.75, 3.05) is 11.9 Å². The van der Waals surface area contributed by atoms with Crippen LogP contribution in [0.25, 0.3) is 0 Å². The SMILES string of the molecule is CCCC1(CCC)NC(=O)N(CC(=O)Nc2ccc(Br)c(C)c2)C1=O. The number of carbonyl (C=O) groups excluding carboxylic acids is 3. The minimum Gasteiger partial charge on any atom is -0.325 e. The summed E-state index contributed by atoms with van der Waals surface area (Å²) in [6.45, 7) is 5.58. The third-order valence-electron chi connectivity index (χ3n) is 4.34. The second-order valence-electron chi connectivity index (χ2n) is 6.42. The normalized spacial score (nSPS) is 16.1. The fraction of sp³-hybridized carbons (Fsp3) is 0.500. The van der Waals surface area contributed by atoms with E-state index in [0.29, 0.717) is 18.5 Å². The van der Waals surface area contributed by atoms with E-state index < -0.39 is 17.5 Å². The molecule has 0 aliphatic carbocycles. The first kappa shape index (κ1) is 19.4. The molecular weight excluding hydrogens is 386 g/mol. The molecule has 1 aliphatic heterocycles. The lowest BCUT2D eigenvalue weighted by Gasteiger charge is -2.25. The van der Waals surface area contributed by atoms with Crippen LogP contribution in [0.2, 0.25) is 0 Å². The number of nitrogens with one attached hydrogen (secondary N) is 2. The topological polar surface area (TPSA) is 78.5 Å². The molecule has 136 valence electrons. The zero-order chi connectivity index (χ0) is 18.6. The Morgan fingerprint density at radius 1 is 1.24 bits per heavy atom. The van der Waals surface area contributed by atoms with Crippen LogP contribution in [0.1, 0.15) is 45.1 Å². The largest absolute Gasteiger partial charge is 0.325 e. The van der Waals surface area contributed by atoms with Gasteiger partial charge in [-0.15, -0.1) is 0 Å². The summed E-state index contributed by atoms with van der Waals surface area (Å²) in [5.41, 5.74) is 0.749. The Morgan fingerprint density at radius 2 is 1.88 bits per heavy atom. The van der Waals surface area contributed by atoms with Crippen molar-refractivity contribution < 1.29 is 14.4 Å². The van der Waals surface area contributed by atoms with Crippen LogP contribution in [-0.4, -0.2) is 34.8 Å². The number of anilines is 1. The highest BCUT2D eigenvalue weighted by molar-refractivity contribution is 9.10. The number of carbonyl (C=O) groups is 3. The molecule has 6 nitrogen and oxygen atoms in total. The molecule has 2 rings (SSSR count). The Bertz CT molecular complexity index is 684. The van der Waals surface area contributed by atoms with Gasteiger partial charge in [-0.05, 0) is 43.5 Å². The molecular formula is C18H24BrN3O3. The van der Waals surface area contributed by atoms with Gasteiger partial charge in [0, 0.05) is 10.2 Å². The number of imide groups is 1. The van der Waals surface area contributed by atoms with Crippen molar-refractivity contribution >= 4 is 39.5 Å². The Labute approximate surface area is 156 Å². The number of urea groups is 1. The molecule has 1 aromatic rings. The summed E-state index contributed by atoms with van der Waals surface area (Å²) >= 11 is 3.41. The van der Waals surface area contributed by atoms with Gasteiger partial charge in [-0.25, -0.2) is 4.79 Å². The van der Waals surface area contributed by atoms with E-state index in [1.807, 2.05) is 32.9 Å². The van der Waals surface area contributed by atoms with E-state index in [0.717, 1.165) is 27.8 Å². The first-order valence-electron chi connectivity index (χ1n) is 8.53. The van der Waals surface area contributed by atoms with Crippen LogP contribution in [0.15, 0.2) is 22.7 Å². The number of aryl methyl sites for hydroxylation is 1. The molecule has 0 spiro atoms. The predicted molar refractivity (Wildman–Crippen MR) is 100 cm³/mol. The number of hydrogen-bond donors (Lipinski definition) is 2. The molecule has 1 fully saturated rings. The fourth-order valence-electron chi connectivity index (χ4n) is 3.20. The van der Waals surface area contributed by atoms with Gasteiger partial charge in [-0.1, -0.05) is 42.6 Å². The highest BCUT2D eigenvalue weighted by Gasteiger charge is 2.50. The molecule has 7 heteroatoms. The fourth-order valence-corrected chi connectivity index (χ4v) is 3.45. The lowest BCUT2D eigenvalue weighted by molar-refractivity contribution is -0.134. The van der Waals surface area contributed by atoms with Crippen LogP contribution in [0.4, 0.5) is 10.5 Å². The Kier molecular flexibility index (Phi) is 6.21. The maximum Gasteiger partial charge on any atom is 0.325 e. The van der Waals surface area contributed by atoms with Crippen molar-refractivity contribution in [2.24, 2.45) is 0 Å². The lowest BCUT2D eigenvalue weighted by atomic mass is 9.88. The summed E-state index contributed by atoms with van der Waals surface area (Å²) in [5.74, 6) is -0.697.